The average Bonchev–Trinajstić information content (AvgIpc) is 3.30. The Morgan fingerprint density at radius 2 is 1.91 bits per heavy atom. The van der Waals surface area contributed by atoms with E-state index >= 15 is 0 Å². The van der Waals surface area contributed by atoms with E-state index in [1.165, 1.54) is 21.8 Å². The minimum absolute atomic E-state index is 0.122. The summed E-state index contributed by atoms with van der Waals surface area (Å²) in [5.41, 5.74) is 2.98. The van der Waals surface area contributed by atoms with Crippen molar-refractivity contribution < 1.29 is 24.0 Å². The number of amides is 4. The summed E-state index contributed by atoms with van der Waals surface area (Å²) in [6.07, 6.45) is 2.76. The Morgan fingerprint density at radius 1 is 1.18 bits per heavy atom. The van der Waals surface area contributed by atoms with Crippen molar-refractivity contribution in [2.45, 2.75) is 57.2 Å². The molecule has 8 nitrogen and oxygen atoms in total. The molecule has 2 aliphatic heterocycles. The van der Waals surface area contributed by atoms with Crippen LogP contribution in [0, 0.1) is 0 Å². The standard InChI is InChI=1S/C24H23N3O5S/c1-24(8-9-24)14-4-2-13(3-5-14)20(29)22(31)25-10-18-15-11-27(23(32)16(15)12-33-18)17-6-7-19(28)26-21(17)30/h2-5,12,17H,6-11H2,1H3,(H,25,31)(H,26,28,30). The molecular weight excluding hydrogens is 442 g/mol. The SMILES string of the molecule is CC1(c2ccc(C(=O)C(=O)NCc3scc4c3CN(C3CCC(=O)NC3=O)C4=O)cc2)CC1. The Balaban J connectivity index is 1.22. The minimum atomic E-state index is -0.700. The second-order valence-electron chi connectivity index (χ2n) is 9.10. The summed E-state index contributed by atoms with van der Waals surface area (Å²) in [5, 5.41) is 6.65. The van der Waals surface area contributed by atoms with Gasteiger partial charge in [-0.2, -0.15) is 0 Å². The molecule has 1 aliphatic carbocycles. The van der Waals surface area contributed by atoms with E-state index in [1.807, 2.05) is 12.1 Å². The third kappa shape index (κ3) is 3.86. The second-order valence-corrected chi connectivity index (χ2v) is 10.1. The van der Waals surface area contributed by atoms with Crippen molar-refractivity contribution in [2.75, 3.05) is 0 Å². The van der Waals surface area contributed by atoms with Gasteiger partial charge in [-0.15, -0.1) is 11.3 Å². The van der Waals surface area contributed by atoms with E-state index in [1.54, 1.807) is 17.5 Å². The lowest BCUT2D eigenvalue weighted by Crippen LogP contribution is -2.52. The van der Waals surface area contributed by atoms with Crippen molar-refractivity contribution >= 4 is 40.7 Å². The number of carbonyl (C=O) groups excluding carboxylic acids is 5. The number of hydrogen-bond acceptors (Lipinski definition) is 6. The molecule has 170 valence electrons. The van der Waals surface area contributed by atoms with Crippen LogP contribution in [0.25, 0.3) is 0 Å². The van der Waals surface area contributed by atoms with E-state index in [9.17, 15) is 24.0 Å². The van der Waals surface area contributed by atoms with Crippen molar-refractivity contribution in [1.29, 1.82) is 0 Å². The number of piperidine rings is 1. The fraction of sp³-hybridized carbons (Fsp3) is 0.375. The van der Waals surface area contributed by atoms with Gasteiger partial charge < -0.3 is 10.2 Å². The largest absolute Gasteiger partial charge is 0.344 e. The summed E-state index contributed by atoms with van der Waals surface area (Å²) in [7, 11) is 0. The Morgan fingerprint density at radius 3 is 2.58 bits per heavy atom. The lowest BCUT2D eigenvalue weighted by molar-refractivity contribution is -0.136. The summed E-state index contributed by atoms with van der Waals surface area (Å²) in [5.74, 6) is -2.35. The van der Waals surface area contributed by atoms with Gasteiger partial charge in [0.2, 0.25) is 17.6 Å². The van der Waals surface area contributed by atoms with E-state index in [0.29, 0.717) is 17.5 Å². The van der Waals surface area contributed by atoms with E-state index < -0.39 is 23.6 Å². The first kappa shape index (κ1) is 21.5. The molecule has 0 bridgehead atoms. The third-order valence-corrected chi connectivity index (χ3v) is 7.88. The molecule has 2 N–H and O–H groups in total. The van der Waals surface area contributed by atoms with Gasteiger partial charge in [0.1, 0.15) is 6.04 Å². The molecule has 1 atom stereocenters. The monoisotopic (exact) mass is 465 g/mol. The molecule has 4 amide bonds. The highest BCUT2D eigenvalue weighted by Crippen LogP contribution is 2.47. The van der Waals surface area contributed by atoms with Crippen molar-refractivity contribution in [3.63, 3.8) is 0 Å². The van der Waals surface area contributed by atoms with Crippen LogP contribution in [0.15, 0.2) is 29.6 Å². The highest BCUT2D eigenvalue weighted by Gasteiger charge is 2.41. The third-order valence-electron chi connectivity index (χ3n) is 6.85. The maximum absolute atomic E-state index is 12.8. The summed E-state index contributed by atoms with van der Waals surface area (Å²) in [6, 6.07) is 6.53. The predicted molar refractivity (Wildman–Crippen MR) is 120 cm³/mol. The number of rotatable bonds is 6. The highest BCUT2D eigenvalue weighted by molar-refractivity contribution is 7.10. The van der Waals surface area contributed by atoms with Crippen molar-refractivity contribution in [3.05, 3.63) is 56.8 Å². The molecule has 1 saturated carbocycles. The van der Waals surface area contributed by atoms with Gasteiger partial charge in [-0.25, -0.2) is 0 Å². The molecular formula is C24H23N3O5S. The second kappa shape index (κ2) is 7.91. The predicted octanol–water partition coefficient (Wildman–Crippen LogP) is 2.06. The van der Waals surface area contributed by atoms with Crippen molar-refractivity contribution in [3.8, 4) is 0 Å². The first-order chi connectivity index (χ1) is 15.8. The van der Waals surface area contributed by atoms with Crippen LogP contribution in [0.2, 0.25) is 0 Å². The number of imide groups is 1. The van der Waals surface area contributed by atoms with Gasteiger partial charge in [0, 0.05) is 28.8 Å². The quantitative estimate of drug-likeness (QED) is 0.385. The number of nitrogens with zero attached hydrogens (tertiary/aromatic N) is 1. The number of hydrogen-bond donors (Lipinski definition) is 2. The molecule has 1 aromatic carbocycles. The van der Waals surface area contributed by atoms with Gasteiger partial charge in [0.25, 0.3) is 11.8 Å². The number of fused-ring (bicyclic) bond motifs is 1. The maximum atomic E-state index is 12.8. The van der Waals surface area contributed by atoms with Crippen LogP contribution in [-0.2, 0) is 32.9 Å². The summed E-state index contributed by atoms with van der Waals surface area (Å²) >= 11 is 1.34. The smallest absolute Gasteiger partial charge is 0.292 e. The number of Topliss-reactive ketones (excluding diaryl/α,β-unsaturated/α-hetero) is 1. The average molecular weight is 466 g/mol. The van der Waals surface area contributed by atoms with Crippen LogP contribution >= 0.6 is 11.3 Å². The zero-order chi connectivity index (χ0) is 23.3. The van der Waals surface area contributed by atoms with Gasteiger partial charge in [0.05, 0.1) is 12.1 Å². The summed E-state index contributed by atoms with van der Waals surface area (Å²) in [4.78, 5) is 63.6. The zero-order valence-electron chi connectivity index (χ0n) is 18.1. The van der Waals surface area contributed by atoms with Crippen LogP contribution in [-0.4, -0.2) is 40.4 Å². The molecule has 1 aromatic heterocycles. The Kier molecular flexibility index (Phi) is 5.16. The molecule has 0 spiro atoms. The van der Waals surface area contributed by atoms with E-state index in [4.69, 9.17) is 0 Å². The first-order valence-electron chi connectivity index (χ1n) is 10.9. The molecule has 33 heavy (non-hydrogen) atoms. The molecule has 2 aromatic rings. The zero-order valence-corrected chi connectivity index (χ0v) is 18.9. The lowest BCUT2D eigenvalue weighted by atomic mass is 9.96. The molecule has 5 rings (SSSR count). The van der Waals surface area contributed by atoms with Gasteiger partial charge >= 0.3 is 0 Å². The van der Waals surface area contributed by atoms with Crippen LogP contribution in [0.4, 0.5) is 0 Å². The fourth-order valence-corrected chi connectivity index (χ4v) is 5.40. The maximum Gasteiger partial charge on any atom is 0.292 e. The summed E-state index contributed by atoms with van der Waals surface area (Å²) < 4.78 is 0. The fourth-order valence-electron chi connectivity index (χ4n) is 4.42. The summed E-state index contributed by atoms with van der Waals surface area (Å²) in [6.45, 7) is 2.54. The number of benzene rings is 1. The van der Waals surface area contributed by atoms with E-state index in [0.717, 1.165) is 23.3 Å². The number of carbonyl (C=O) groups is 5. The molecule has 0 radical (unpaired) electrons. The van der Waals surface area contributed by atoms with Crippen molar-refractivity contribution in [2.24, 2.45) is 0 Å². The Hall–Kier alpha value is -3.33. The Labute approximate surface area is 194 Å². The minimum Gasteiger partial charge on any atom is -0.344 e. The highest BCUT2D eigenvalue weighted by atomic mass is 32.1. The number of thiophene rings is 1. The van der Waals surface area contributed by atoms with Gasteiger partial charge in [-0.1, -0.05) is 31.2 Å². The molecule has 2 fully saturated rings. The number of ketones is 1. The topological polar surface area (TPSA) is 113 Å². The van der Waals surface area contributed by atoms with Crippen molar-refractivity contribution in [1.82, 2.24) is 15.5 Å². The molecule has 3 heterocycles. The molecule has 3 aliphatic rings. The van der Waals surface area contributed by atoms with Crippen LogP contribution in [0.3, 0.4) is 0 Å². The molecule has 1 saturated heterocycles. The van der Waals surface area contributed by atoms with Gasteiger partial charge in [-0.3, -0.25) is 29.3 Å². The van der Waals surface area contributed by atoms with Crippen LogP contribution < -0.4 is 10.6 Å². The van der Waals surface area contributed by atoms with Crippen LogP contribution in [0.1, 0.15) is 69.3 Å². The van der Waals surface area contributed by atoms with Gasteiger partial charge in [0.15, 0.2) is 0 Å². The number of nitrogens with one attached hydrogen (secondary N) is 2. The van der Waals surface area contributed by atoms with E-state index in [2.05, 4.69) is 17.6 Å². The van der Waals surface area contributed by atoms with E-state index in [-0.39, 0.29) is 36.7 Å². The molecule has 1 unspecified atom stereocenters. The van der Waals surface area contributed by atoms with Crippen LogP contribution in [0.5, 0.6) is 0 Å². The van der Waals surface area contributed by atoms with Gasteiger partial charge in [-0.05, 0) is 35.8 Å². The lowest BCUT2D eigenvalue weighted by Gasteiger charge is -2.29. The first-order valence-corrected chi connectivity index (χ1v) is 11.8. The molecule has 9 heteroatoms. The Bertz CT molecular complexity index is 1200. The normalized spacial score (nSPS) is 20.9.